The molecule has 0 saturated heterocycles. The second-order valence-corrected chi connectivity index (χ2v) is 20.9. The smallest absolute Gasteiger partial charge is 0.306 e. The van der Waals surface area contributed by atoms with Gasteiger partial charge in [0.25, 0.3) is 0 Å². The van der Waals surface area contributed by atoms with Crippen LogP contribution in [0.5, 0.6) is 0 Å². The summed E-state index contributed by atoms with van der Waals surface area (Å²) in [6.45, 7) is 6.40. The van der Waals surface area contributed by atoms with Crippen molar-refractivity contribution >= 4 is 17.9 Å². The molecule has 0 aliphatic carbocycles. The molecule has 0 aromatic heterocycles. The molecular formula is C71H118O6. The molecular weight excluding hydrogens is 949 g/mol. The molecule has 0 aromatic carbocycles. The van der Waals surface area contributed by atoms with Gasteiger partial charge in [0.1, 0.15) is 13.2 Å². The largest absolute Gasteiger partial charge is 0.462 e. The predicted molar refractivity (Wildman–Crippen MR) is 334 cm³/mol. The number of allylic oxidation sites excluding steroid dienone is 20. The van der Waals surface area contributed by atoms with Crippen LogP contribution < -0.4 is 0 Å². The third-order valence-electron chi connectivity index (χ3n) is 13.5. The van der Waals surface area contributed by atoms with Crippen molar-refractivity contribution in [3.05, 3.63) is 122 Å². The Balaban J connectivity index is 4.47. The van der Waals surface area contributed by atoms with E-state index in [4.69, 9.17) is 14.2 Å². The van der Waals surface area contributed by atoms with Crippen LogP contribution in [0.2, 0.25) is 0 Å². The fourth-order valence-corrected chi connectivity index (χ4v) is 8.73. The minimum Gasteiger partial charge on any atom is -0.462 e. The Morgan fingerprint density at radius 1 is 0.273 bits per heavy atom. The molecule has 438 valence electrons. The summed E-state index contributed by atoms with van der Waals surface area (Å²) in [5.41, 5.74) is 0. The molecule has 0 radical (unpaired) electrons. The van der Waals surface area contributed by atoms with E-state index in [9.17, 15) is 14.4 Å². The number of unbranched alkanes of at least 4 members (excludes halogenated alkanes) is 26. The second kappa shape index (κ2) is 64.3. The topological polar surface area (TPSA) is 78.9 Å². The van der Waals surface area contributed by atoms with Crippen molar-refractivity contribution in [2.24, 2.45) is 0 Å². The first kappa shape index (κ1) is 72.8. The van der Waals surface area contributed by atoms with E-state index >= 15 is 0 Å². The van der Waals surface area contributed by atoms with Crippen molar-refractivity contribution in [2.45, 2.75) is 297 Å². The highest BCUT2D eigenvalue weighted by Gasteiger charge is 2.19. The van der Waals surface area contributed by atoms with Crippen LogP contribution in [0.25, 0.3) is 0 Å². The zero-order chi connectivity index (χ0) is 55.7. The van der Waals surface area contributed by atoms with Crippen LogP contribution in [0.3, 0.4) is 0 Å². The monoisotopic (exact) mass is 1070 g/mol. The third kappa shape index (κ3) is 62.5. The van der Waals surface area contributed by atoms with E-state index < -0.39 is 6.10 Å². The average molecular weight is 1070 g/mol. The lowest BCUT2D eigenvalue weighted by Gasteiger charge is -2.18. The van der Waals surface area contributed by atoms with Crippen LogP contribution in [0.15, 0.2) is 122 Å². The second-order valence-electron chi connectivity index (χ2n) is 20.9. The van der Waals surface area contributed by atoms with Crippen LogP contribution in [-0.2, 0) is 28.6 Å². The quantitative estimate of drug-likeness (QED) is 0.0261. The SMILES string of the molecule is CC/C=C\C/C=C\C/C=C\C/C=C\C/C=C\CCCCCCCC(=O)OCC(COC(=O)CCCCCCCCCCCCCCCCCCC)OC(=O)CCCCCCC/C=C\C/C=C\C/C=C\C/C=C\C/C=C\CC. The summed E-state index contributed by atoms with van der Waals surface area (Å²) in [5.74, 6) is -0.924. The summed E-state index contributed by atoms with van der Waals surface area (Å²) in [6, 6.07) is 0. The molecule has 0 saturated carbocycles. The Labute approximate surface area is 475 Å². The zero-order valence-corrected chi connectivity index (χ0v) is 50.2. The minimum atomic E-state index is -0.801. The number of esters is 3. The van der Waals surface area contributed by atoms with E-state index in [1.54, 1.807) is 0 Å². The van der Waals surface area contributed by atoms with E-state index in [0.29, 0.717) is 19.3 Å². The molecule has 0 spiro atoms. The van der Waals surface area contributed by atoms with Gasteiger partial charge in [-0.3, -0.25) is 14.4 Å². The van der Waals surface area contributed by atoms with Crippen molar-refractivity contribution in [3.63, 3.8) is 0 Å². The molecule has 0 aromatic rings. The van der Waals surface area contributed by atoms with Gasteiger partial charge in [0.05, 0.1) is 0 Å². The minimum absolute atomic E-state index is 0.0928. The lowest BCUT2D eigenvalue weighted by Crippen LogP contribution is -2.30. The van der Waals surface area contributed by atoms with Crippen LogP contribution >= 0.6 is 0 Å². The van der Waals surface area contributed by atoms with Gasteiger partial charge in [0, 0.05) is 19.3 Å². The molecule has 6 nitrogen and oxygen atoms in total. The Morgan fingerprint density at radius 3 is 0.792 bits per heavy atom. The maximum atomic E-state index is 12.9. The summed E-state index contributed by atoms with van der Waals surface area (Å²) >= 11 is 0. The maximum absolute atomic E-state index is 12.9. The van der Waals surface area contributed by atoms with E-state index in [2.05, 4.69) is 142 Å². The Hall–Kier alpha value is -4.19. The van der Waals surface area contributed by atoms with Gasteiger partial charge in [0.15, 0.2) is 6.10 Å². The van der Waals surface area contributed by atoms with Gasteiger partial charge in [-0.2, -0.15) is 0 Å². The molecule has 0 rings (SSSR count). The number of carbonyl (C=O) groups excluding carboxylic acids is 3. The van der Waals surface area contributed by atoms with Gasteiger partial charge in [-0.05, 0) is 109 Å². The van der Waals surface area contributed by atoms with Gasteiger partial charge in [-0.25, -0.2) is 0 Å². The molecule has 0 fully saturated rings. The van der Waals surface area contributed by atoms with Crippen molar-refractivity contribution in [2.75, 3.05) is 13.2 Å². The molecule has 1 unspecified atom stereocenters. The third-order valence-corrected chi connectivity index (χ3v) is 13.5. The number of hydrogen-bond acceptors (Lipinski definition) is 6. The molecule has 1 atom stereocenters. The van der Waals surface area contributed by atoms with Crippen LogP contribution in [-0.4, -0.2) is 37.2 Å². The van der Waals surface area contributed by atoms with E-state index in [1.807, 2.05) is 0 Å². The summed E-state index contributed by atoms with van der Waals surface area (Å²) < 4.78 is 16.9. The van der Waals surface area contributed by atoms with Crippen molar-refractivity contribution in [3.8, 4) is 0 Å². The molecule has 0 aliphatic rings. The molecule has 0 N–H and O–H groups in total. The van der Waals surface area contributed by atoms with Crippen LogP contribution in [0, 0.1) is 0 Å². The number of ether oxygens (including phenoxy) is 3. The lowest BCUT2D eigenvalue weighted by molar-refractivity contribution is -0.167. The highest BCUT2D eigenvalue weighted by molar-refractivity contribution is 5.71. The predicted octanol–water partition coefficient (Wildman–Crippen LogP) is 22.0. The van der Waals surface area contributed by atoms with E-state index in [-0.39, 0.29) is 31.1 Å². The fourth-order valence-electron chi connectivity index (χ4n) is 8.73. The Kier molecular flexibility index (Phi) is 60.8. The van der Waals surface area contributed by atoms with Gasteiger partial charge < -0.3 is 14.2 Å². The highest BCUT2D eigenvalue weighted by atomic mass is 16.6. The van der Waals surface area contributed by atoms with E-state index in [1.165, 1.54) is 89.9 Å². The molecule has 0 aliphatic heterocycles. The van der Waals surface area contributed by atoms with Gasteiger partial charge in [0.2, 0.25) is 0 Å². The summed E-state index contributed by atoms with van der Waals surface area (Å²) in [7, 11) is 0. The van der Waals surface area contributed by atoms with Crippen molar-refractivity contribution < 1.29 is 28.6 Å². The Bertz CT molecular complexity index is 1600. The van der Waals surface area contributed by atoms with Gasteiger partial charge in [-0.1, -0.05) is 284 Å². The molecule has 0 bridgehead atoms. The van der Waals surface area contributed by atoms with Crippen LogP contribution in [0.4, 0.5) is 0 Å². The van der Waals surface area contributed by atoms with Gasteiger partial charge in [-0.15, -0.1) is 0 Å². The highest BCUT2D eigenvalue weighted by Crippen LogP contribution is 2.16. The molecule has 6 heteroatoms. The number of hydrogen-bond donors (Lipinski definition) is 0. The van der Waals surface area contributed by atoms with Crippen molar-refractivity contribution in [1.82, 2.24) is 0 Å². The molecule has 0 heterocycles. The average Bonchev–Trinajstić information content (AvgIpc) is 3.43. The van der Waals surface area contributed by atoms with Gasteiger partial charge >= 0.3 is 17.9 Å². The Morgan fingerprint density at radius 2 is 0.506 bits per heavy atom. The summed E-state index contributed by atoms with van der Waals surface area (Å²) in [5, 5.41) is 0. The first-order chi connectivity index (χ1) is 38.0. The van der Waals surface area contributed by atoms with Crippen LogP contribution in [0.1, 0.15) is 290 Å². The fraction of sp³-hybridized carbons (Fsp3) is 0.676. The zero-order valence-electron chi connectivity index (χ0n) is 50.2. The molecule has 0 amide bonds. The normalized spacial score (nSPS) is 12.9. The molecule has 77 heavy (non-hydrogen) atoms. The lowest BCUT2D eigenvalue weighted by atomic mass is 10.0. The summed E-state index contributed by atoms with van der Waals surface area (Å²) in [6.07, 6.45) is 89.1. The van der Waals surface area contributed by atoms with E-state index in [0.717, 1.165) is 161 Å². The maximum Gasteiger partial charge on any atom is 0.306 e. The van der Waals surface area contributed by atoms with Crippen molar-refractivity contribution in [1.29, 1.82) is 0 Å². The summed E-state index contributed by atoms with van der Waals surface area (Å²) in [4.78, 5) is 38.4. The number of rotatable bonds is 57. The number of carbonyl (C=O) groups is 3. The standard InChI is InChI=1S/C71H118O6/c1-4-7-10-13-16-19-22-25-28-31-33-35-37-40-43-46-49-52-55-58-61-64-70(73)76-67-68(66-75-69(72)63-60-57-54-51-48-45-42-39-30-27-24-21-18-15-12-9-6-3)77-71(74)65-62-59-56-53-50-47-44-41-38-36-34-32-29-26-23-20-17-14-11-8-5-2/h7-8,10-11,16-17,19-20,25-26,28-29,33-36,40-41,43-44,68H,4-6,9,12-15,18,21-24,27,30-32,37-39,42,45-67H2,1-3H3/b10-7-,11-8-,19-16-,20-17-,28-25-,29-26-,35-33-,36-34-,43-40-,44-41-. The first-order valence-corrected chi connectivity index (χ1v) is 32.0. The first-order valence-electron chi connectivity index (χ1n) is 32.0.